The Morgan fingerprint density at radius 1 is 1.29 bits per heavy atom. The Hall–Kier alpha value is -2.15. The molecule has 116 valence electrons. The zero-order valence-corrected chi connectivity index (χ0v) is 11.8. The van der Waals surface area contributed by atoms with Crippen molar-refractivity contribution in [1.29, 1.82) is 0 Å². The second kappa shape index (κ2) is 8.91. The SMILES string of the molecule is COCCCCCNC(=O)Nc1c(F)cccc1C(=O)O. The number of hydrogen-bond acceptors (Lipinski definition) is 3. The average molecular weight is 298 g/mol. The van der Waals surface area contributed by atoms with Crippen molar-refractivity contribution in [2.45, 2.75) is 19.3 Å². The van der Waals surface area contributed by atoms with E-state index in [0.29, 0.717) is 13.2 Å². The smallest absolute Gasteiger partial charge is 0.337 e. The van der Waals surface area contributed by atoms with Crippen LogP contribution in [-0.2, 0) is 4.74 Å². The standard InChI is InChI=1S/C14H19FN2O4/c1-21-9-4-2-3-8-16-14(20)17-12-10(13(18)19)6-5-7-11(12)15/h5-7H,2-4,8-9H2,1H3,(H,18,19)(H2,16,17,20). The summed E-state index contributed by atoms with van der Waals surface area (Å²) in [5, 5.41) is 13.7. The first kappa shape index (κ1) is 16.9. The molecule has 7 heteroatoms. The molecule has 0 fully saturated rings. The third-order valence-electron chi connectivity index (χ3n) is 2.79. The molecular formula is C14H19FN2O4. The highest BCUT2D eigenvalue weighted by Gasteiger charge is 2.16. The van der Waals surface area contributed by atoms with Crippen LogP contribution >= 0.6 is 0 Å². The van der Waals surface area contributed by atoms with E-state index in [2.05, 4.69) is 10.6 Å². The van der Waals surface area contributed by atoms with Crippen molar-refractivity contribution >= 4 is 17.7 Å². The molecule has 0 aliphatic heterocycles. The first-order chi connectivity index (χ1) is 10.1. The van der Waals surface area contributed by atoms with Gasteiger partial charge in [0.2, 0.25) is 0 Å². The highest BCUT2D eigenvalue weighted by molar-refractivity contribution is 6.00. The number of amides is 2. The minimum absolute atomic E-state index is 0.287. The topological polar surface area (TPSA) is 87.7 Å². The first-order valence-electron chi connectivity index (χ1n) is 6.62. The van der Waals surface area contributed by atoms with Crippen LogP contribution in [-0.4, -0.2) is 37.4 Å². The number of rotatable bonds is 8. The lowest BCUT2D eigenvalue weighted by Crippen LogP contribution is -2.30. The minimum Gasteiger partial charge on any atom is -0.478 e. The molecule has 0 aromatic heterocycles. The van der Waals surface area contributed by atoms with Crippen LogP contribution in [0.2, 0.25) is 0 Å². The molecule has 0 aliphatic carbocycles. The first-order valence-corrected chi connectivity index (χ1v) is 6.62. The van der Waals surface area contributed by atoms with Crippen molar-refractivity contribution in [2.75, 3.05) is 25.6 Å². The number of halogens is 1. The third-order valence-corrected chi connectivity index (χ3v) is 2.79. The van der Waals surface area contributed by atoms with E-state index in [9.17, 15) is 14.0 Å². The maximum atomic E-state index is 13.6. The van der Waals surface area contributed by atoms with Gasteiger partial charge in [-0.2, -0.15) is 0 Å². The molecule has 6 nitrogen and oxygen atoms in total. The number of carbonyl (C=O) groups excluding carboxylic acids is 1. The summed E-state index contributed by atoms with van der Waals surface area (Å²) in [6.45, 7) is 1.09. The predicted octanol–water partition coefficient (Wildman–Crippen LogP) is 2.46. The lowest BCUT2D eigenvalue weighted by molar-refractivity contribution is 0.0697. The Morgan fingerprint density at radius 3 is 2.71 bits per heavy atom. The number of benzene rings is 1. The summed E-state index contributed by atoms with van der Waals surface area (Å²) < 4.78 is 18.5. The Labute approximate surface area is 122 Å². The number of ether oxygens (including phenoxy) is 1. The molecule has 0 saturated heterocycles. The molecular weight excluding hydrogens is 279 g/mol. The van der Waals surface area contributed by atoms with Gasteiger partial charge in [0.25, 0.3) is 0 Å². The summed E-state index contributed by atoms with van der Waals surface area (Å²) in [7, 11) is 1.63. The number of carbonyl (C=O) groups is 2. The van der Waals surface area contributed by atoms with Crippen LogP contribution in [0.3, 0.4) is 0 Å². The van der Waals surface area contributed by atoms with E-state index in [-0.39, 0.29) is 11.3 Å². The average Bonchev–Trinajstić information content (AvgIpc) is 2.44. The molecule has 0 heterocycles. The Morgan fingerprint density at radius 2 is 2.05 bits per heavy atom. The molecule has 0 spiro atoms. The van der Waals surface area contributed by atoms with Crippen molar-refractivity contribution in [2.24, 2.45) is 0 Å². The molecule has 0 unspecified atom stereocenters. The van der Waals surface area contributed by atoms with Gasteiger partial charge in [0, 0.05) is 20.3 Å². The largest absolute Gasteiger partial charge is 0.478 e. The number of unbranched alkanes of at least 4 members (excludes halogenated alkanes) is 2. The summed E-state index contributed by atoms with van der Waals surface area (Å²) in [5.41, 5.74) is -0.618. The summed E-state index contributed by atoms with van der Waals surface area (Å²) in [6, 6.07) is 2.96. The van der Waals surface area contributed by atoms with Gasteiger partial charge in [-0.05, 0) is 31.4 Å². The quantitative estimate of drug-likeness (QED) is 0.643. The van der Waals surface area contributed by atoms with Gasteiger partial charge in [-0.25, -0.2) is 14.0 Å². The maximum absolute atomic E-state index is 13.6. The van der Waals surface area contributed by atoms with E-state index in [1.54, 1.807) is 7.11 Å². The minimum atomic E-state index is -1.30. The number of methoxy groups -OCH3 is 1. The number of para-hydroxylation sites is 1. The molecule has 3 N–H and O–H groups in total. The zero-order chi connectivity index (χ0) is 15.7. The molecule has 0 radical (unpaired) electrons. The fourth-order valence-electron chi connectivity index (χ4n) is 1.74. The van der Waals surface area contributed by atoms with Gasteiger partial charge in [0.1, 0.15) is 5.82 Å². The maximum Gasteiger partial charge on any atom is 0.337 e. The molecule has 0 saturated carbocycles. The Bertz CT molecular complexity index is 494. The van der Waals surface area contributed by atoms with E-state index in [1.807, 2.05) is 0 Å². The van der Waals surface area contributed by atoms with Crippen LogP contribution in [0, 0.1) is 5.82 Å². The van der Waals surface area contributed by atoms with Crippen molar-refractivity contribution in [3.05, 3.63) is 29.6 Å². The molecule has 1 aromatic carbocycles. The van der Waals surface area contributed by atoms with Crippen LogP contribution in [0.4, 0.5) is 14.9 Å². The van der Waals surface area contributed by atoms with Crippen LogP contribution in [0.1, 0.15) is 29.6 Å². The second-order valence-corrected chi connectivity index (χ2v) is 4.40. The number of aromatic carboxylic acids is 1. The normalized spacial score (nSPS) is 10.2. The molecule has 0 atom stereocenters. The lowest BCUT2D eigenvalue weighted by Gasteiger charge is -2.10. The number of hydrogen-bond donors (Lipinski definition) is 3. The van der Waals surface area contributed by atoms with Crippen molar-refractivity contribution in [3.63, 3.8) is 0 Å². The summed E-state index contributed by atoms with van der Waals surface area (Å²) in [4.78, 5) is 22.6. The van der Waals surface area contributed by atoms with Gasteiger partial charge in [0.05, 0.1) is 11.3 Å². The molecule has 21 heavy (non-hydrogen) atoms. The van der Waals surface area contributed by atoms with Crippen LogP contribution in [0.15, 0.2) is 18.2 Å². The number of anilines is 1. The Balaban J connectivity index is 2.46. The predicted molar refractivity (Wildman–Crippen MR) is 76.1 cm³/mol. The highest BCUT2D eigenvalue weighted by atomic mass is 19.1. The fraction of sp³-hybridized carbons (Fsp3) is 0.429. The Kier molecular flexibility index (Phi) is 7.17. The summed E-state index contributed by atoms with van der Waals surface area (Å²) in [6.07, 6.45) is 2.56. The molecule has 0 bridgehead atoms. The van der Waals surface area contributed by atoms with Gasteiger partial charge >= 0.3 is 12.0 Å². The van der Waals surface area contributed by atoms with E-state index in [4.69, 9.17) is 9.84 Å². The van der Waals surface area contributed by atoms with Crippen molar-refractivity contribution < 1.29 is 23.8 Å². The number of nitrogens with one attached hydrogen (secondary N) is 2. The van der Waals surface area contributed by atoms with E-state index < -0.39 is 17.8 Å². The van der Waals surface area contributed by atoms with Gasteiger partial charge in [0.15, 0.2) is 0 Å². The van der Waals surface area contributed by atoms with E-state index in [0.717, 1.165) is 25.3 Å². The molecule has 0 aliphatic rings. The van der Waals surface area contributed by atoms with E-state index in [1.165, 1.54) is 12.1 Å². The molecule has 1 rings (SSSR count). The van der Waals surface area contributed by atoms with Crippen LogP contribution in [0.25, 0.3) is 0 Å². The fourth-order valence-corrected chi connectivity index (χ4v) is 1.74. The third kappa shape index (κ3) is 5.78. The molecule has 1 aromatic rings. The second-order valence-electron chi connectivity index (χ2n) is 4.40. The summed E-state index contributed by atoms with van der Waals surface area (Å²) >= 11 is 0. The van der Waals surface area contributed by atoms with Crippen LogP contribution < -0.4 is 10.6 Å². The monoisotopic (exact) mass is 298 g/mol. The summed E-state index contributed by atoms with van der Waals surface area (Å²) in [5.74, 6) is -2.09. The zero-order valence-electron chi connectivity index (χ0n) is 11.8. The van der Waals surface area contributed by atoms with Gasteiger partial charge < -0.3 is 20.5 Å². The van der Waals surface area contributed by atoms with Gasteiger partial charge in [-0.1, -0.05) is 6.07 Å². The number of carboxylic acid groups (broad SMARTS) is 1. The number of carboxylic acids is 1. The van der Waals surface area contributed by atoms with E-state index >= 15 is 0 Å². The highest BCUT2D eigenvalue weighted by Crippen LogP contribution is 2.19. The van der Waals surface area contributed by atoms with Gasteiger partial charge in [-0.3, -0.25) is 0 Å². The van der Waals surface area contributed by atoms with Crippen molar-refractivity contribution in [1.82, 2.24) is 5.32 Å². The molecule has 2 amide bonds. The number of urea groups is 1. The lowest BCUT2D eigenvalue weighted by atomic mass is 10.1. The van der Waals surface area contributed by atoms with Gasteiger partial charge in [-0.15, -0.1) is 0 Å². The van der Waals surface area contributed by atoms with Crippen molar-refractivity contribution in [3.8, 4) is 0 Å². The van der Waals surface area contributed by atoms with Crippen LogP contribution in [0.5, 0.6) is 0 Å².